The minimum atomic E-state index is -3.66. The number of carboxylic acid groups (broad SMARTS) is 1. The number of rotatable bonds is 4. The Morgan fingerprint density at radius 2 is 1.96 bits per heavy atom. The molecule has 1 aromatic rings. The Morgan fingerprint density at radius 1 is 1.22 bits per heavy atom. The molecule has 0 aromatic heterocycles. The molecule has 148 valence electrons. The molecule has 2 aliphatic heterocycles. The lowest BCUT2D eigenvalue weighted by Gasteiger charge is -2.32. The summed E-state index contributed by atoms with van der Waals surface area (Å²) in [7, 11) is -3.66. The molecule has 0 bridgehead atoms. The molecule has 3 rings (SSSR count). The van der Waals surface area contributed by atoms with Crippen LogP contribution in [0.3, 0.4) is 0 Å². The molecule has 8 heteroatoms. The summed E-state index contributed by atoms with van der Waals surface area (Å²) < 4.78 is 27.5. The van der Waals surface area contributed by atoms with E-state index in [1.807, 2.05) is 6.92 Å². The van der Waals surface area contributed by atoms with Gasteiger partial charge in [-0.3, -0.25) is 9.59 Å². The summed E-state index contributed by atoms with van der Waals surface area (Å²) >= 11 is 0. The SMILES string of the molecule is CC1CCCCN1S(=O)(=O)c1cccc(C(=O)N2CCC(C)(C(=O)O)C2)c1. The number of hydrogen-bond acceptors (Lipinski definition) is 4. The van der Waals surface area contributed by atoms with Crippen LogP contribution in [-0.2, 0) is 14.8 Å². The number of sulfonamides is 1. The van der Waals surface area contributed by atoms with Gasteiger partial charge in [-0.05, 0) is 51.3 Å². The van der Waals surface area contributed by atoms with Crippen LogP contribution in [0.4, 0.5) is 0 Å². The number of amides is 1. The average Bonchev–Trinajstić information content (AvgIpc) is 3.05. The Hall–Kier alpha value is -1.93. The van der Waals surface area contributed by atoms with Crippen molar-refractivity contribution in [2.75, 3.05) is 19.6 Å². The van der Waals surface area contributed by atoms with Gasteiger partial charge in [0.25, 0.3) is 5.91 Å². The summed E-state index contributed by atoms with van der Waals surface area (Å²) in [5, 5.41) is 9.34. The standard InChI is InChI=1S/C19H26N2O5S/c1-14-6-3-4-10-21(14)27(25,26)16-8-5-7-15(12-16)17(22)20-11-9-19(2,13-20)18(23)24/h5,7-8,12,14H,3-4,6,9-11,13H2,1-2H3,(H,23,24). The first-order valence-corrected chi connectivity index (χ1v) is 10.7. The molecule has 27 heavy (non-hydrogen) atoms. The summed E-state index contributed by atoms with van der Waals surface area (Å²) in [5.74, 6) is -1.25. The van der Waals surface area contributed by atoms with E-state index in [4.69, 9.17) is 0 Å². The molecule has 0 saturated carbocycles. The lowest BCUT2D eigenvalue weighted by atomic mass is 9.90. The highest BCUT2D eigenvalue weighted by molar-refractivity contribution is 7.89. The number of benzene rings is 1. The van der Waals surface area contributed by atoms with Crippen LogP contribution in [0, 0.1) is 5.41 Å². The lowest BCUT2D eigenvalue weighted by molar-refractivity contribution is -0.147. The van der Waals surface area contributed by atoms with E-state index in [-0.39, 0.29) is 29.0 Å². The maximum Gasteiger partial charge on any atom is 0.311 e. The van der Waals surface area contributed by atoms with Crippen LogP contribution in [0.1, 0.15) is 49.9 Å². The molecule has 2 aliphatic rings. The number of carbonyl (C=O) groups excluding carboxylic acids is 1. The smallest absolute Gasteiger partial charge is 0.311 e. The molecule has 2 atom stereocenters. The molecule has 2 fully saturated rings. The zero-order valence-electron chi connectivity index (χ0n) is 15.7. The lowest BCUT2D eigenvalue weighted by Crippen LogP contribution is -2.42. The van der Waals surface area contributed by atoms with Crippen molar-refractivity contribution in [2.24, 2.45) is 5.41 Å². The number of carboxylic acids is 1. The summed E-state index contributed by atoms with van der Waals surface area (Å²) in [4.78, 5) is 25.8. The maximum atomic E-state index is 13.0. The molecule has 1 aromatic carbocycles. The van der Waals surface area contributed by atoms with Gasteiger partial charge < -0.3 is 10.0 Å². The predicted octanol–water partition coefficient (Wildman–Crippen LogP) is 2.19. The summed E-state index contributed by atoms with van der Waals surface area (Å²) in [6.07, 6.45) is 3.07. The molecule has 0 spiro atoms. The molecule has 0 radical (unpaired) electrons. The van der Waals surface area contributed by atoms with Crippen molar-refractivity contribution in [3.63, 3.8) is 0 Å². The van der Waals surface area contributed by atoms with Gasteiger partial charge in [-0.1, -0.05) is 12.5 Å². The number of nitrogens with zero attached hydrogens (tertiary/aromatic N) is 2. The first-order chi connectivity index (χ1) is 12.6. The summed E-state index contributed by atoms with van der Waals surface area (Å²) in [5.41, 5.74) is -0.682. The van der Waals surface area contributed by atoms with Crippen LogP contribution < -0.4 is 0 Å². The molecule has 2 saturated heterocycles. The van der Waals surface area contributed by atoms with E-state index < -0.39 is 21.4 Å². The molecule has 1 amide bonds. The van der Waals surface area contributed by atoms with Crippen molar-refractivity contribution in [1.29, 1.82) is 0 Å². The van der Waals surface area contributed by atoms with Gasteiger partial charge in [0.05, 0.1) is 10.3 Å². The second kappa shape index (κ2) is 7.24. The van der Waals surface area contributed by atoms with E-state index in [1.165, 1.54) is 21.3 Å². The van der Waals surface area contributed by atoms with Gasteiger partial charge in [0, 0.05) is 31.2 Å². The molecular weight excluding hydrogens is 368 g/mol. The average molecular weight is 394 g/mol. The largest absolute Gasteiger partial charge is 0.481 e. The van der Waals surface area contributed by atoms with Gasteiger partial charge in [0.1, 0.15) is 0 Å². The van der Waals surface area contributed by atoms with E-state index in [9.17, 15) is 23.1 Å². The van der Waals surface area contributed by atoms with Crippen LogP contribution in [0.25, 0.3) is 0 Å². The highest BCUT2D eigenvalue weighted by Gasteiger charge is 2.42. The van der Waals surface area contributed by atoms with Crippen molar-refractivity contribution >= 4 is 21.9 Å². The normalized spacial score (nSPS) is 26.9. The van der Waals surface area contributed by atoms with E-state index in [0.29, 0.717) is 19.5 Å². The third-order valence-corrected chi connectivity index (χ3v) is 7.72. The van der Waals surface area contributed by atoms with E-state index >= 15 is 0 Å². The highest BCUT2D eigenvalue weighted by Crippen LogP contribution is 2.31. The Morgan fingerprint density at radius 3 is 2.59 bits per heavy atom. The van der Waals surface area contributed by atoms with E-state index in [0.717, 1.165) is 19.3 Å². The Labute approximate surface area is 160 Å². The van der Waals surface area contributed by atoms with Crippen LogP contribution in [0.5, 0.6) is 0 Å². The Bertz CT molecular complexity index is 853. The topological polar surface area (TPSA) is 95.0 Å². The van der Waals surface area contributed by atoms with Gasteiger partial charge in [-0.15, -0.1) is 0 Å². The van der Waals surface area contributed by atoms with E-state index in [1.54, 1.807) is 19.1 Å². The maximum absolute atomic E-state index is 13.0. The van der Waals surface area contributed by atoms with Crippen molar-refractivity contribution in [3.8, 4) is 0 Å². The number of likely N-dealkylation sites (tertiary alicyclic amines) is 1. The molecule has 0 aliphatic carbocycles. The third-order valence-electron chi connectivity index (χ3n) is 5.71. The fraction of sp³-hybridized carbons (Fsp3) is 0.579. The van der Waals surface area contributed by atoms with Crippen molar-refractivity contribution in [3.05, 3.63) is 29.8 Å². The summed E-state index contributed by atoms with van der Waals surface area (Å²) in [6.45, 7) is 4.50. The Balaban J connectivity index is 1.83. The molecule has 1 N–H and O–H groups in total. The van der Waals surface area contributed by atoms with E-state index in [2.05, 4.69) is 0 Å². The minimum Gasteiger partial charge on any atom is -0.481 e. The highest BCUT2D eigenvalue weighted by atomic mass is 32.2. The minimum absolute atomic E-state index is 0.0574. The monoisotopic (exact) mass is 394 g/mol. The second-order valence-electron chi connectivity index (χ2n) is 7.83. The quantitative estimate of drug-likeness (QED) is 0.845. The van der Waals surface area contributed by atoms with Crippen LogP contribution in [0.2, 0.25) is 0 Å². The van der Waals surface area contributed by atoms with Gasteiger partial charge in [-0.2, -0.15) is 4.31 Å². The number of piperidine rings is 1. The first kappa shape index (κ1) is 19.8. The predicted molar refractivity (Wildman–Crippen MR) is 99.9 cm³/mol. The molecule has 2 unspecified atom stereocenters. The first-order valence-electron chi connectivity index (χ1n) is 9.30. The van der Waals surface area contributed by atoms with Gasteiger partial charge in [0.15, 0.2) is 0 Å². The van der Waals surface area contributed by atoms with Crippen molar-refractivity contribution < 1.29 is 23.1 Å². The van der Waals surface area contributed by atoms with Crippen molar-refractivity contribution in [1.82, 2.24) is 9.21 Å². The summed E-state index contributed by atoms with van der Waals surface area (Å²) in [6, 6.07) is 6.02. The molecule has 7 nitrogen and oxygen atoms in total. The number of aliphatic carboxylic acids is 1. The van der Waals surface area contributed by atoms with Crippen LogP contribution in [0.15, 0.2) is 29.2 Å². The van der Waals surface area contributed by atoms with Crippen LogP contribution >= 0.6 is 0 Å². The fourth-order valence-corrected chi connectivity index (χ4v) is 5.59. The zero-order valence-corrected chi connectivity index (χ0v) is 16.5. The number of carbonyl (C=O) groups is 2. The fourth-order valence-electron chi connectivity index (χ4n) is 3.85. The Kier molecular flexibility index (Phi) is 5.31. The van der Waals surface area contributed by atoms with Gasteiger partial charge >= 0.3 is 5.97 Å². The molecule has 2 heterocycles. The zero-order chi connectivity index (χ0) is 19.8. The van der Waals surface area contributed by atoms with Gasteiger partial charge in [-0.25, -0.2) is 8.42 Å². The third kappa shape index (κ3) is 3.73. The number of hydrogen-bond donors (Lipinski definition) is 1. The second-order valence-corrected chi connectivity index (χ2v) is 9.72. The van der Waals surface area contributed by atoms with Crippen LogP contribution in [-0.4, -0.2) is 60.3 Å². The molecular formula is C19H26N2O5S. The van der Waals surface area contributed by atoms with Gasteiger partial charge in [0.2, 0.25) is 10.0 Å². The van der Waals surface area contributed by atoms with Crippen molar-refractivity contribution in [2.45, 2.75) is 50.5 Å².